The summed E-state index contributed by atoms with van der Waals surface area (Å²) < 4.78 is 0. The topological polar surface area (TPSA) is 108 Å². The summed E-state index contributed by atoms with van der Waals surface area (Å²) in [6.07, 6.45) is 0. The van der Waals surface area contributed by atoms with Crippen LogP contribution in [0, 0.1) is 5.92 Å². The predicted molar refractivity (Wildman–Crippen MR) is 70.1 cm³/mol. The molecule has 19 heavy (non-hydrogen) atoms. The van der Waals surface area contributed by atoms with Gasteiger partial charge in [0.2, 0.25) is 5.91 Å². The van der Waals surface area contributed by atoms with Crippen molar-refractivity contribution < 1.29 is 19.5 Å². The molecule has 0 saturated heterocycles. The number of anilines is 1. The zero-order chi connectivity index (χ0) is 14.6. The summed E-state index contributed by atoms with van der Waals surface area (Å²) in [5.74, 6) is -2.20. The van der Waals surface area contributed by atoms with Gasteiger partial charge in [0.25, 0.3) is 5.91 Å². The van der Waals surface area contributed by atoms with Crippen LogP contribution in [0.4, 0.5) is 5.13 Å². The molecule has 0 aromatic carbocycles. The Morgan fingerprint density at radius 1 is 1.37 bits per heavy atom. The molecule has 0 aliphatic rings. The molecule has 0 radical (unpaired) electrons. The van der Waals surface area contributed by atoms with Crippen molar-refractivity contribution in [1.29, 1.82) is 0 Å². The molecular weight excluding hydrogens is 270 g/mol. The largest absolute Gasteiger partial charge is 0.480 e. The number of amides is 2. The third kappa shape index (κ3) is 4.32. The lowest BCUT2D eigenvalue weighted by atomic mass is 10.0. The van der Waals surface area contributed by atoms with E-state index in [-0.39, 0.29) is 17.5 Å². The number of nitrogens with zero attached hydrogens (tertiary/aromatic N) is 1. The van der Waals surface area contributed by atoms with Crippen LogP contribution in [0.3, 0.4) is 0 Å². The summed E-state index contributed by atoms with van der Waals surface area (Å²) in [6.45, 7) is 4.73. The Morgan fingerprint density at radius 2 is 2.00 bits per heavy atom. The molecule has 0 spiro atoms. The fourth-order valence-corrected chi connectivity index (χ4v) is 2.05. The summed E-state index contributed by atoms with van der Waals surface area (Å²) in [5, 5.41) is 15.6. The number of aliphatic carboxylic acids is 1. The molecule has 8 heteroatoms. The van der Waals surface area contributed by atoms with Gasteiger partial charge in [-0.1, -0.05) is 13.8 Å². The highest BCUT2D eigenvalue weighted by molar-refractivity contribution is 7.14. The highest BCUT2D eigenvalue weighted by Crippen LogP contribution is 2.15. The van der Waals surface area contributed by atoms with E-state index in [4.69, 9.17) is 5.11 Å². The third-order valence-corrected chi connectivity index (χ3v) is 3.00. The Balaban J connectivity index is 2.75. The van der Waals surface area contributed by atoms with Crippen LogP contribution < -0.4 is 10.6 Å². The minimum Gasteiger partial charge on any atom is -0.480 e. The van der Waals surface area contributed by atoms with Crippen molar-refractivity contribution in [2.75, 3.05) is 5.32 Å². The van der Waals surface area contributed by atoms with Crippen molar-refractivity contribution in [2.45, 2.75) is 26.8 Å². The first-order valence-electron chi connectivity index (χ1n) is 5.58. The van der Waals surface area contributed by atoms with Crippen LogP contribution in [0.15, 0.2) is 5.38 Å². The third-order valence-electron chi connectivity index (χ3n) is 2.24. The van der Waals surface area contributed by atoms with Gasteiger partial charge < -0.3 is 15.7 Å². The van der Waals surface area contributed by atoms with Gasteiger partial charge in [0.1, 0.15) is 11.7 Å². The Kier molecular flexibility index (Phi) is 4.99. The fraction of sp³-hybridized carbons (Fsp3) is 0.455. The highest BCUT2D eigenvalue weighted by atomic mass is 32.1. The normalized spacial score (nSPS) is 12.0. The Bertz CT molecular complexity index is 498. The molecule has 3 N–H and O–H groups in total. The molecule has 0 aliphatic carbocycles. The molecule has 0 saturated carbocycles. The van der Waals surface area contributed by atoms with Gasteiger partial charge in [-0.05, 0) is 5.92 Å². The van der Waals surface area contributed by atoms with Gasteiger partial charge in [0.05, 0.1) is 0 Å². The van der Waals surface area contributed by atoms with Crippen molar-refractivity contribution in [1.82, 2.24) is 10.3 Å². The van der Waals surface area contributed by atoms with Crippen molar-refractivity contribution in [2.24, 2.45) is 5.92 Å². The number of hydrogen-bond donors (Lipinski definition) is 3. The SMILES string of the molecule is CC(=O)Nc1nc(C(=O)NC(C(=O)O)C(C)C)cs1. The van der Waals surface area contributed by atoms with Crippen LogP contribution in [0.1, 0.15) is 31.3 Å². The van der Waals surface area contributed by atoms with Crippen molar-refractivity contribution >= 4 is 34.3 Å². The molecular formula is C11H15N3O4S. The number of rotatable bonds is 5. The molecule has 1 unspecified atom stereocenters. The number of carbonyl (C=O) groups is 3. The second-order valence-corrected chi connectivity index (χ2v) is 5.11. The Labute approximate surface area is 114 Å². The number of carboxylic acid groups (broad SMARTS) is 1. The van der Waals surface area contributed by atoms with Gasteiger partial charge >= 0.3 is 5.97 Å². The summed E-state index contributed by atoms with van der Waals surface area (Å²) >= 11 is 1.10. The number of hydrogen-bond acceptors (Lipinski definition) is 5. The molecule has 1 atom stereocenters. The van der Waals surface area contributed by atoms with Crippen LogP contribution in [0.5, 0.6) is 0 Å². The van der Waals surface area contributed by atoms with E-state index in [1.807, 2.05) is 0 Å². The molecule has 1 aromatic heterocycles. The van der Waals surface area contributed by atoms with Gasteiger partial charge in [-0.3, -0.25) is 9.59 Å². The van der Waals surface area contributed by atoms with E-state index in [0.717, 1.165) is 11.3 Å². The summed E-state index contributed by atoms with van der Waals surface area (Å²) in [5.41, 5.74) is 0.0839. The van der Waals surface area contributed by atoms with Crippen LogP contribution in [-0.2, 0) is 9.59 Å². The van der Waals surface area contributed by atoms with E-state index in [1.54, 1.807) is 13.8 Å². The van der Waals surface area contributed by atoms with Crippen LogP contribution in [0.2, 0.25) is 0 Å². The minimum absolute atomic E-state index is 0.0839. The predicted octanol–water partition coefficient (Wildman–Crippen LogP) is 0.940. The average Bonchev–Trinajstić information content (AvgIpc) is 2.72. The van der Waals surface area contributed by atoms with E-state index < -0.39 is 17.9 Å². The average molecular weight is 285 g/mol. The van der Waals surface area contributed by atoms with Crippen LogP contribution >= 0.6 is 11.3 Å². The first-order chi connectivity index (χ1) is 8.81. The zero-order valence-electron chi connectivity index (χ0n) is 10.8. The molecule has 7 nitrogen and oxygen atoms in total. The summed E-state index contributed by atoms with van der Waals surface area (Å²) in [7, 11) is 0. The van der Waals surface area contributed by atoms with E-state index in [9.17, 15) is 14.4 Å². The molecule has 1 aromatic rings. The molecule has 2 amide bonds. The number of aromatic nitrogens is 1. The maximum absolute atomic E-state index is 11.8. The van der Waals surface area contributed by atoms with Gasteiger partial charge in [-0.15, -0.1) is 11.3 Å². The molecule has 1 rings (SSSR count). The lowest BCUT2D eigenvalue weighted by Crippen LogP contribution is -2.44. The second-order valence-electron chi connectivity index (χ2n) is 4.25. The number of carboxylic acids is 1. The van der Waals surface area contributed by atoms with E-state index in [0.29, 0.717) is 5.13 Å². The second kappa shape index (κ2) is 6.28. The molecule has 0 fully saturated rings. The standard InChI is InChI=1S/C11H15N3O4S/c1-5(2)8(10(17)18)14-9(16)7-4-19-11(13-7)12-6(3)15/h4-5,8H,1-3H3,(H,14,16)(H,17,18)(H,12,13,15). The van der Waals surface area contributed by atoms with Crippen LogP contribution in [-0.4, -0.2) is 33.9 Å². The zero-order valence-corrected chi connectivity index (χ0v) is 11.6. The lowest BCUT2D eigenvalue weighted by Gasteiger charge is -2.16. The van der Waals surface area contributed by atoms with Gasteiger partial charge in [-0.2, -0.15) is 0 Å². The Morgan fingerprint density at radius 3 is 2.47 bits per heavy atom. The monoisotopic (exact) mass is 285 g/mol. The van der Waals surface area contributed by atoms with Gasteiger partial charge in [0, 0.05) is 12.3 Å². The number of thiazole rings is 1. The molecule has 1 heterocycles. The van der Waals surface area contributed by atoms with Crippen molar-refractivity contribution in [3.05, 3.63) is 11.1 Å². The van der Waals surface area contributed by atoms with E-state index >= 15 is 0 Å². The lowest BCUT2D eigenvalue weighted by molar-refractivity contribution is -0.140. The van der Waals surface area contributed by atoms with E-state index in [1.165, 1.54) is 12.3 Å². The first kappa shape index (κ1) is 15.1. The number of nitrogens with one attached hydrogen (secondary N) is 2. The van der Waals surface area contributed by atoms with Gasteiger partial charge in [-0.25, -0.2) is 9.78 Å². The maximum Gasteiger partial charge on any atom is 0.326 e. The number of carbonyl (C=O) groups excluding carboxylic acids is 2. The molecule has 0 aliphatic heterocycles. The fourth-order valence-electron chi connectivity index (χ4n) is 1.31. The summed E-state index contributed by atoms with van der Waals surface area (Å²) in [6, 6.07) is -0.974. The van der Waals surface area contributed by atoms with E-state index in [2.05, 4.69) is 15.6 Å². The summed E-state index contributed by atoms with van der Waals surface area (Å²) in [4.78, 5) is 37.5. The van der Waals surface area contributed by atoms with Crippen molar-refractivity contribution in [3.8, 4) is 0 Å². The molecule has 104 valence electrons. The van der Waals surface area contributed by atoms with Crippen LogP contribution in [0.25, 0.3) is 0 Å². The first-order valence-corrected chi connectivity index (χ1v) is 6.46. The minimum atomic E-state index is -1.10. The van der Waals surface area contributed by atoms with Crippen molar-refractivity contribution in [3.63, 3.8) is 0 Å². The maximum atomic E-state index is 11.8. The Hall–Kier alpha value is -1.96. The van der Waals surface area contributed by atoms with Gasteiger partial charge in [0.15, 0.2) is 5.13 Å². The quantitative estimate of drug-likeness (QED) is 0.746. The highest BCUT2D eigenvalue weighted by Gasteiger charge is 2.24. The molecule has 0 bridgehead atoms. The smallest absolute Gasteiger partial charge is 0.326 e.